The van der Waals surface area contributed by atoms with E-state index in [0.29, 0.717) is 0 Å². The lowest BCUT2D eigenvalue weighted by Crippen LogP contribution is -2.58. The summed E-state index contributed by atoms with van der Waals surface area (Å²) >= 11 is 0. The Balaban J connectivity index is 0.000000441. The van der Waals surface area contributed by atoms with Gasteiger partial charge in [0.15, 0.2) is 12.6 Å². The average molecular weight is 360 g/mol. The second kappa shape index (κ2) is 11.0. The van der Waals surface area contributed by atoms with Gasteiger partial charge < -0.3 is 60.6 Å². The first kappa shape index (κ1) is 23.2. The lowest BCUT2D eigenvalue weighted by atomic mass is 10.00. The molecule has 0 aromatic rings. The maximum Gasteiger partial charge on any atom is 0.184 e. The van der Waals surface area contributed by atoms with Crippen LogP contribution in [0.1, 0.15) is 0 Å². The van der Waals surface area contributed by atoms with Crippen LogP contribution in [0.15, 0.2) is 0 Å². The average Bonchev–Trinajstić information content (AvgIpc) is 2.60. The van der Waals surface area contributed by atoms with Crippen molar-refractivity contribution in [3.63, 3.8) is 0 Å². The molecule has 10 N–H and O–H groups in total. The summed E-state index contributed by atoms with van der Waals surface area (Å²) in [6, 6.07) is 0. The highest BCUT2D eigenvalue weighted by atomic mass is 16.6. The molecule has 5 unspecified atom stereocenters. The summed E-state index contributed by atoms with van der Waals surface area (Å²) in [6.07, 6.45) is -13.9. The fourth-order valence-corrected chi connectivity index (χ4v) is 1.70. The van der Waals surface area contributed by atoms with E-state index in [1.54, 1.807) is 0 Å². The largest absolute Gasteiger partial charge is 0.394 e. The minimum absolute atomic E-state index is 0.0258. The molecule has 0 aromatic heterocycles. The molecule has 24 heavy (non-hydrogen) atoms. The number of rotatable bonds is 6. The molecule has 1 aliphatic rings. The van der Waals surface area contributed by atoms with Gasteiger partial charge in [-0.15, -0.1) is 0 Å². The van der Waals surface area contributed by atoms with Crippen LogP contribution < -0.4 is 0 Å². The zero-order valence-corrected chi connectivity index (χ0v) is 12.5. The van der Waals surface area contributed by atoms with Gasteiger partial charge in [0.2, 0.25) is 0 Å². The Morgan fingerprint density at radius 3 is 1.83 bits per heavy atom. The standard InChI is InChI=1S/2C6H12O6/c7-1-2-3(8)4(9)5(10)6(11)12-2;7-1-3(9)5(11)6(12)4(10)2-8/h2-11H,1H2;1,3-6,8-12H,2H2/t2-,3-,4+,5-,6?;/m1./s1. The molecule has 0 spiro atoms. The third-order valence-electron chi connectivity index (χ3n) is 3.29. The first-order chi connectivity index (χ1) is 11.1. The van der Waals surface area contributed by atoms with E-state index in [2.05, 4.69) is 4.74 Å². The van der Waals surface area contributed by atoms with Gasteiger partial charge in [-0.25, -0.2) is 0 Å². The highest BCUT2D eigenvalue weighted by Crippen LogP contribution is 2.19. The van der Waals surface area contributed by atoms with E-state index in [9.17, 15) is 4.79 Å². The van der Waals surface area contributed by atoms with Crippen molar-refractivity contribution in [2.45, 2.75) is 55.1 Å². The first-order valence-corrected chi connectivity index (χ1v) is 6.89. The Bertz CT molecular complexity index is 350. The van der Waals surface area contributed by atoms with Gasteiger partial charge in [0.25, 0.3) is 0 Å². The Morgan fingerprint density at radius 2 is 1.42 bits per heavy atom. The van der Waals surface area contributed by atoms with Gasteiger partial charge in [0.05, 0.1) is 13.2 Å². The van der Waals surface area contributed by atoms with E-state index >= 15 is 0 Å². The monoisotopic (exact) mass is 360 g/mol. The molecule has 12 nitrogen and oxygen atoms in total. The molecule has 1 saturated heterocycles. The summed E-state index contributed by atoms with van der Waals surface area (Å²) in [5, 5.41) is 88.2. The summed E-state index contributed by atoms with van der Waals surface area (Å²) < 4.78 is 4.58. The van der Waals surface area contributed by atoms with Crippen molar-refractivity contribution in [3.8, 4) is 0 Å². The van der Waals surface area contributed by atoms with Gasteiger partial charge in [0, 0.05) is 0 Å². The first-order valence-electron chi connectivity index (χ1n) is 6.89. The van der Waals surface area contributed by atoms with Gasteiger partial charge >= 0.3 is 0 Å². The van der Waals surface area contributed by atoms with Gasteiger partial charge in [-0.3, -0.25) is 0 Å². The molecule has 144 valence electrons. The maximum absolute atomic E-state index is 9.90. The molecule has 0 aromatic carbocycles. The molecule has 1 heterocycles. The highest BCUT2D eigenvalue weighted by molar-refractivity contribution is 5.56. The van der Waals surface area contributed by atoms with Gasteiger partial charge in [-0.1, -0.05) is 0 Å². The van der Waals surface area contributed by atoms with Crippen LogP contribution in [0.3, 0.4) is 0 Å². The van der Waals surface area contributed by atoms with Gasteiger partial charge in [-0.2, -0.15) is 0 Å². The Hall–Kier alpha value is -0.770. The third-order valence-corrected chi connectivity index (χ3v) is 3.29. The molecule has 1 rings (SSSR count). The summed E-state index contributed by atoms with van der Waals surface area (Å²) in [5.74, 6) is 0. The molecule has 9 atom stereocenters. The number of hydrogen-bond acceptors (Lipinski definition) is 12. The fraction of sp³-hybridized carbons (Fsp3) is 0.917. The normalized spacial score (nSPS) is 35.2. The zero-order valence-electron chi connectivity index (χ0n) is 12.5. The maximum atomic E-state index is 9.90. The van der Waals surface area contributed by atoms with Crippen molar-refractivity contribution < 1.29 is 60.6 Å². The molecule has 1 aliphatic heterocycles. The van der Waals surface area contributed by atoms with Crippen LogP contribution in [-0.2, 0) is 9.53 Å². The van der Waals surface area contributed by atoms with E-state index in [4.69, 9.17) is 51.1 Å². The number of aldehydes is 1. The predicted octanol–water partition coefficient (Wildman–Crippen LogP) is -6.60. The lowest BCUT2D eigenvalue weighted by molar-refractivity contribution is -0.286. The van der Waals surface area contributed by atoms with Crippen molar-refractivity contribution in [2.75, 3.05) is 13.2 Å². The van der Waals surface area contributed by atoms with Gasteiger partial charge in [-0.05, 0) is 0 Å². The minimum atomic E-state index is -1.79. The number of carbonyl (C=O) groups is 1. The van der Waals surface area contributed by atoms with Crippen molar-refractivity contribution in [2.24, 2.45) is 0 Å². The second-order valence-corrected chi connectivity index (χ2v) is 5.08. The SMILES string of the molecule is O=CC(O)C(O)C(O)C(O)CO.OC[C@H]1OC(O)[C@H](O)[C@@H](O)[C@@H]1O. The zero-order chi connectivity index (χ0) is 19.0. The molecule has 1 fully saturated rings. The Kier molecular flexibility index (Phi) is 10.6. The van der Waals surface area contributed by atoms with E-state index in [1.807, 2.05) is 0 Å². The van der Waals surface area contributed by atoms with Crippen molar-refractivity contribution in [3.05, 3.63) is 0 Å². The minimum Gasteiger partial charge on any atom is -0.394 e. The molecule has 0 bridgehead atoms. The Labute approximate surface area is 136 Å². The van der Waals surface area contributed by atoms with Crippen LogP contribution >= 0.6 is 0 Å². The Morgan fingerprint density at radius 1 is 0.875 bits per heavy atom. The van der Waals surface area contributed by atoms with Crippen LogP contribution in [0.25, 0.3) is 0 Å². The fourth-order valence-electron chi connectivity index (χ4n) is 1.70. The van der Waals surface area contributed by atoms with Crippen LogP contribution in [-0.4, -0.2) is 126 Å². The predicted molar refractivity (Wildman–Crippen MR) is 73.2 cm³/mol. The van der Waals surface area contributed by atoms with Crippen LogP contribution in [0.2, 0.25) is 0 Å². The number of hydrogen-bond donors (Lipinski definition) is 10. The summed E-state index contributed by atoms with van der Waals surface area (Å²) in [4.78, 5) is 9.90. The van der Waals surface area contributed by atoms with Crippen molar-refractivity contribution in [1.29, 1.82) is 0 Å². The summed E-state index contributed by atoms with van der Waals surface area (Å²) in [5.41, 5.74) is 0. The topological polar surface area (TPSA) is 229 Å². The molecular weight excluding hydrogens is 336 g/mol. The van der Waals surface area contributed by atoms with Crippen molar-refractivity contribution in [1.82, 2.24) is 0 Å². The number of aliphatic hydroxyl groups excluding tert-OH is 10. The number of carbonyl (C=O) groups excluding carboxylic acids is 1. The molecular formula is C12H24O12. The number of aliphatic hydroxyl groups is 10. The highest BCUT2D eigenvalue weighted by Gasteiger charge is 2.42. The van der Waals surface area contributed by atoms with E-state index < -0.39 is 68.3 Å². The molecule has 0 saturated carbocycles. The van der Waals surface area contributed by atoms with Crippen molar-refractivity contribution >= 4 is 6.29 Å². The quantitative estimate of drug-likeness (QED) is 0.199. The van der Waals surface area contributed by atoms with Crippen LogP contribution in [0.5, 0.6) is 0 Å². The van der Waals surface area contributed by atoms with Crippen LogP contribution in [0.4, 0.5) is 0 Å². The number of ether oxygens (including phenoxy) is 1. The van der Waals surface area contributed by atoms with E-state index in [0.717, 1.165) is 0 Å². The molecule has 0 radical (unpaired) electrons. The summed E-state index contributed by atoms with van der Waals surface area (Å²) in [6.45, 7) is -1.29. The van der Waals surface area contributed by atoms with Crippen LogP contribution in [0, 0.1) is 0 Å². The molecule has 12 heteroatoms. The molecule has 0 amide bonds. The van der Waals surface area contributed by atoms with Gasteiger partial charge in [0.1, 0.15) is 48.8 Å². The van der Waals surface area contributed by atoms with E-state index in [1.165, 1.54) is 0 Å². The molecule has 0 aliphatic carbocycles. The lowest BCUT2D eigenvalue weighted by Gasteiger charge is -2.37. The second-order valence-electron chi connectivity index (χ2n) is 5.08. The van der Waals surface area contributed by atoms with E-state index in [-0.39, 0.29) is 6.29 Å². The third kappa shape index (κ3) is 6.27. The summed E-state index contributed by atoms with van der Waals surface area (Å²) in [7, 11) is 0. The smallest absolute Gasteiger partial charge is 0.184 e.